The molecule has 33 heavy (non-hydrogen) atoms. The molecule has 0 bridgehead atoms. The minimum Gasteiger partial charge on any atom is -0.335 e. The summed E-state index contributed by atoms with van der Waals surface area (Å²) in [6.07, 6.45) is 2.77. The second kappa shape index (κ2) is 8.63. The molecule has 2 amide bonds. The Morgan fingerprint density at radius 3 is 2.36 bits per heavy atom. The lowest BCUT2D eigenvalue weighted by atomic mass is 10.1. The van der Waals surface area contributed by atoms with Crippen molar-refractivity contribution in [3.8, 4) is 5.69 Å². The lowest BCUT2D eigenvalue weighted by Gasteiger charge is -2.34. The van der Waals surface area contributed by atoms with E-state index in [1.54, 1.807) is 9.80 Å². The van der Waals surface area contributed by atoms with Crippen molar-refractivity contribution in [2.24, 2.45) is 0 Å². The molecule has 0 spiro atoms. The predicted octanol–water partition coefficient (Wildman–Crippen LogP) is 4.06. The number of fused-ring (bicyclic) bond motifs is 1. The van der Waals surface area contributed by atoms with Crippen LogP contribution in [0.15, 0.2) is 42.5 Å². The van der Waals surface area contributed by atoms with Gasteiger partial charge in [-0.3, -0.25) is 9.59 Å². The third-order valence-corrected chi connectivity index (χ3v) is 6.80. The quantitative estimate of drug-likeness (QED) is 0.585. The van der Waals surface area contributed by atoms with Crippen molar-refractivity contribution in [1.29, 1.82) is 0 Å². The molecule has 2 aliphatic rings. The highest BCUT2D eigenvalue weighted by atomic mass is 35.5. The number of aromatic nitrogens is 2. The topological polar surface area (TPSA) is 58.4 Å². The van der Waals surface area contributed by atoms with Crippen LogP contribution >= 0.6 is 11.6 Å². The SMILES string of the molecule is Cc1ccccc1-n1nc(C(=O)N2CCN(C(=O)c3ccc(F)cc3Cl)CC2)c2c1CCC2. The molecule has 8 heteroatoms. The lowest BCUT2D eigenvalue weighted by Crippen LogP contribution is -2.50. The average molecular weight is 467 g/mol. The number of hydrogen-bond acceptors (Lipinski definition) is 3. The first-order valence-corrected chi connectivity index (χ1v) is 11.5. The van der Waals surface area contributed by atoms with E-state index in [9.17, 15) is 14.0 Å². The molecular weight excluding hydrogens is 443 g/mol. The Labute approximate surface area is 196 Å². The Kier molecular flexibility index (Phi) is 5.66. The minimum absolute atomic E-state index is 0.0904. The lowest BCUT2D eigenvalue weighted by molar-refractivity contribution is 0.0531. The van der Waals surface area contributed by atoms with Gasteiger partial charge < -0.3 is 9.80 Å². The second-order valence-corrected chi connectivity index (χ2v) is 8.94. The number of benzene rings is 2. The van der Waals surface area contributed by atoms with Gasteiger partial charge in [-0.15, -0.1) is 0 Å². The van der Waals surface area contributed by atoms with Crippen LogP contribution < -0.4 is 0 Å². The summed E-state index contributed by atoms with van der Waals surface area (Å²) >= 11 is 6.06. The number of carbonyl (C=O) groups excluding carboxylic acids is 2. The van der Waals surface area contributed by atoms with Gasteiger partial charge in [0.05, 0.1) is 16.3 Å². The first-order chi connectivity index (χ1) is 15.9. The van der Waals surface area contributed by atoms with Crippen molar-refractivity contribution >= 4 is 23.4 Å². The van der Waals surface area contributed by atoms with Crippen molar-refractivity contribution in [3.63, 3.8) is 0 Å². The highest BCUT2D eigenvalue weighted by Gasteiger charge is 2.32. The second-order valence-electron chi connectivity index (χ2n) is 8.53. The minimum atomic E-state index is -0.482. The van der Waals surface area contributed by atoms with Gasteiger partial charge in [0.15, 0.2) is 5.69 Å². The Bertz CT molecular complexity index is 1250. The van der Waals surface area contributed by atoms with E-state index in [2.05, 4.69) is 0 Å². The largest absolute Gasteiger partial charge is 0.335 e. The van der Waals surface area contributed by atoms with Crippen molar-refractivity contribution in [3.05, 3.63) is 81.4 Å². The molecule has 0 radical (unpaired) electrons. The molecule has 1 fully saturated rings. The van der Waals surface area contributed by atoms with Crippen LogP contribution in [-0.2, 0) is 12.8 Å². The average Bonchev–Trinajstić information content (AvgIpc) is 3.42. The van der Waals surface area contributed by atoms with Crippen LogP contribution in [0.2, 0.25) is 5.02 Å². The zero-order chi connectivity index (χ0) is 23.1. The van der Waals surface area contributed by atoms with Gasteiger partial charge in [0.1, 0.15) is 5.82 Å². The van der Waals surface area contributed by atoms with Crippen LogP contribution in [0.5, 0.6) is 0 Å². The molecule has 1 aromatic heterocycles. The zero-order valence-electron chi connectivity index (χ0n) is 18.4. The Balaban J connectivity index is 1.33. The summed E-state index contributed by atoms with van der Waals surface area (Å²) in [6.45, 7) is 3.65. The van der Waals surface area contributed by atoms with E-state index < -0.39 is 5.82 Å². The van der Waals surface area contributed by atoms with Crippen LogP contribution in [-0.4, -0.2) is 57.6 Å². The van der Waals surface area contributed by atoms with E-state index in [0.717, 1.165) is 47.8 Å². The Hall–Kier alpha value is -3.19. The number of carbonyl (C=O) groups is 2. The van der Waals surface area contributed by atoms with Gasteiger partial charge in [-0.2, -0.15) is 5.10 Å². The molecule has 0 saturated carbocycles. The van der Waals surface area contributed by atoms with Crippen LogP contribution in [0.4, 0.5) is 4.39 Å². The summed E-state index contributed by atoms with van der Waals surface area (Å²) in [7, 11) is 0. The molecule has 0 N–H and O–H groups in total. The van der Waals surface area contributed by atoms with E-state index in [1.807, 2.05) is 35.9 Å². The maximum absolute atomic E-state index is 13.4. The number of hydrogen-bond donors (Lipinski definition) is 0. The smallest absolute Gasteiger partial charge is 0.274 e. The summed E-state index contributed by atoms with van der Waals surface area (Å²) < 4.78 is 15.3. The molecule has 0 atom stereocenters. The summed E-state index contributed by atoms with van der Waals surface area (Å²) in [6, 6.07) is 11.8. The molecule has 3 aromatic rings. The van der Waals surface area contributed by atoms with Crippen LogP contribution in [0.25, 0.3) is 5.69 Å². The maximum atomic E-state index is 13.4. The summed E-state index contributed by atoms with van der Waals surface area (Å²) in [4.78, 5) is 29.6. The number of aryl methyl sites for hydroxylation is 1. The van der Waals surface area contributed by atoms with E-state index in [0.29, 0.717) is 31.9 Å². The summed E-state index contributed by atoms with van der Waals surface area (Å²) in [5, 5.41) is 4.84. The number of halogens is 2. The van der Waals surface area contributed by atoms with Crippen molar-refractivity contribution in [2.45, 2.75) is 26.2 Å². The van der Waals surface area contributed by atoms with Gasteiger partial charge in [-0.1, -0.05) is 29.8 Å². The monoisotopic (exact) mass is 466 g/mol. The maximum Gasteiger partial charge on any atom is 0.274 e. The van der Waals surface area contributed by atoms with Gasteiger partial charge in [0, 0.05) is 37.4 Å². The number of nitrogens with zero attached hydrogens (tertiary/aromatic N) is 4. The molecule has 2 heterocycles. The van der Waals surface area contributed by atoms with E-state index in [-0.39, 0.29) is 22.4 Å². The predicted molar refractivity (Wildman–Crippen MR) is 124 cm³/mol. The Morgan fingerprint density at radius 2 is 1.67 bits per heavy atom. The highest BCUT2D eigenvalue weighted by molar-refractivity contribution is 6.33. The normalized spacial score (nSPS) is 15.6. The molecule has 1 saturated heterocycles. The van der Waals surface area contributed by atoms with E-state index >= 15 is 0 Å². The van der Waals surface area contributed by atoms with Gasteiger partial charge in [-0.05, 0) is 56.0 Å². The number of amides is 2. The fourth-order valence-corrected chi connectivity index (χ4v) is 4.95. The molecule has 170 valence electrons. The first-order valence-electron chi connectivity index (χ1n) is 11.1. The molecule has 2 aromatic carbocycles. The molecule has 0 unspecified atom stereocenters. The fourth-order valence-electron chi connectivity index (χ4n) is 4.71. The Morgan fingerprint density at radius 1 is 0.970 bits per heavy atom. The molecule has 1 aliphatic heterocycles. The van der Waals surface area contributed by atoms with Crippen LogP contribution in [0.1, 0.15) is 44.1 Å². The third kappa shape index (κ3) is 3.91. The summed E-state index contributed by atoms with van der Waals surface area (Å²) in [5.41, 5.74) is 5.06. The third-order valence-electron chi connectivity index (χ3n) is 6.49. The van der Waals surface area contributed by atoms with E-state index in [4.69, 9.17) is 16.7 Å². The number of piperazine rings is 1. The molecule has 6 nitrogen and oxygen atoms in total. The first kappa shape index (κ1) is 21.6. The fraction of sp³-hybridized carbons (Fsp3) is 0.320. The molecular formula is C25H24ClFN4O2. The van der Waals surface area contributed by atoms with Crippen molar-refractivity contribution in [1.82, 2.24) is 19.6 Å². The van der Waals surface area contributed by atoms with Gasteiger partial charge in [0.25, 0.3) is 11.8 Å². The van der Waals surface area contributed by atoms with E-state index in [1.165, 1.54) is 12.1 Å². The molecule has 1 aliphatic carbocycles. The number of para-hydroxylation sites is 1. The van der Waals surface area contributed by atoms with Gasteiger partial charge in [-0.25, -0.2) is 9.07 Å². The highest BCUT2D eigenvalue weighted by Crippen LogP contribution is 2.30. The molecule has 5 rings (SSSR count). The standard InChI is InChI=1S/C25H24ClFN4O2/c1-16-5-2-3-7-21(16)31-22-8-4-6-19(22)23(28-31)25(33)30-13-11-29(12-14-30)24(32)18-10-9-17(27)15-20(18)26/h2-3,5,7,9-10,15H,4,6,8,11-14H2,1H3. The van der Waals surface area contributed by atoms with Crippen molar-refractivity contribution < 1.29 is 14.0 Å². The van der Waals surface area contributed by atoms with Gasteiger partial charge in [0.2, 0.25) is 0 Å². The zero-order valence-corrected chi connectivity index (χ0v) is 19.1. The van der Waals surface area contributed by atoms with Crippen LogP contribution in [0.3, 0.4) is 0 Å². The van der Waals surface area contributed by atoms with Crippen molar-refractivity contribution in [2.75, 3.05) is 26.2 Å². The van der Waals surface area contributed by atoms with Crippen LogP contribution in [0, 0.1) is 12.7 Å². The summed E-state index contributed by atoms with van der Waals surface area (Å²) in [5.74, 6) is -0.825. The van der Waals surface area contributed by atoms with Gasteiger partial charge >= 0.3 is 0 Å². The number of rotatable bonds is 3.